The number of hydrogen-bond donors (Lipinski definition) is 2. The summed E-state index contributed by atoms with van der Waals surface area (Å²) < 4.78 is 4.21. The monoisotopic (exact) mass is 555 g/mol. The van der Waals surface area contributed by atoms with Gasteiger partial charge >= 0.3 is 128 Å². The number of fused-ring (bicyclic) bond motifs is 1. The number of rotatable bonds is 2. The second-order valence-corrected chi connectivity index (χ2v) is 7.95. The van der Waals surface area contributed by atoms with Crippen LogP contribution in [0.1, 0.15) is 15.9 Å². The fourth-order valence-corrected chi connectivity index (χ4v) is 5.64. The molecule has 0 spiro atoms. The number of carbonyl (C=O) groups is 1. The number of nitrogens with zero attached hydrogens (tertiary/aromatic N) is 1. The number of hydrogen-bond acceptors (Lipinski definition) is 3. The van der Waals surface area contributed by atoms with Crippen molar-refractivity contribution in [2.45, 2.75) is 0 Å². The maximum atomic E-state index is 11.7. The molecule has 1 aromatic rings. The Kier molecular flexibility index (Phi) is 3.96. The number of amides is 1. The summed E-state index contributed by atoms with van der Waals surface area (Å²) in [7, 11) is 0. The zero-order valence-corrected chi connectivity index (χ0v) is 14.3. The standard InChI is InChI=1S/C9H6I3N2O2/c1-4-5-3-8(13-11)7(12-10)2-6(5)9(15)14(4)16/h2-3,13,16H,1H2/q-1. The number of anilines is 1. The molecule has 1 aliphatic heterocycles. The third-order valence-corrected chi connectivity index (χ3v) is 7.13. The van der Waals surface area contributed by atoms with Gasteiger partial charge in [-0.2, -0.15) is 0 Å². The molecule has 0 atom stereocenters. The van der Waals surface area contributed by atoms with Crippen LogP contribution in [-0.4, -0.2) is 16.2 Å². The van der Waals surface area contributed by atoms with E-state index in [1.165, 1.54) is 0 Å². The molecule has 86 valence electrons. The summed E-state index contributed by atoms with van der Waals surface area (Å²) in [6, 6.07) is 3.71. The third-order valence-electron chi connectivity index (χ3n) is 2.28. The van der Waals surface area contributed by atoms with Crippen molar-refractivity contribution in [3.8, 4) is 0 Å². The molecule has 0 saturated heterocycles. The van der Waals surface area contributed by atoms with E-state index < -0.39 is 5.91 Å². The van der Waals surface area contributed by atoms with E-state index in [0.29, 0.717) is 21.9 Å². The van der Waals surface area contributed by atoms with Crippen molar-refractivity contribution in [1.29, 1.82) is 0 Å². The Morgan fingerprint density at radius 2 is 2.12 bits per heavy atom. The molecule has 16 heavy (non-hydrogen) atoms. The van der Waals surface area contributed by atoms with Gasteiger partial charge in [-0.15, -0.1) is 0 Å². The van der Waals surface area contributed by atoms with Gasteiger partial charge in [-0.1, -0.05) is 0 Å². The van der Waals surface area contributed by atoms with Gasteiger partial charge in [0.05, 0.1) is 0 Å². The van der Waals surface area contributed by atoms with Gasteiger partial charge in [0.2, 0.25) is 0 Å². The molecule has 0 saturated carbocycles. The number of halogens is 3. The van der Waals surface area contributed by atoms with Gasteiger partial charge < -0.3 is 0 Å². The first-order valence-corrected chi connectivity index (χ1v) is 12.6. The van der Waals surface area contributed by atoms with Crippen LogP contribution in [0.4, 0.5) is 5.69 Å². The summed E-state index contributed by atoms with van der Waals surface area (Å²) in [5.74, 6) is -0.393. The van der Waals surface area contributed by atoms with E-state index >= 15 is 0 Å². The SMILES string of the molecule is C=C1c2cc(NI)c([I-]I)cc2C(=O)N1O. The molecule has 0 radical (unpaired) electrons. The summed E-state index contributed by atoms with van der Waals surface area (Å²) in [5, 5.41) is 10.1. The van der Waals surface area contributed by atoms with Crippen molar-refractivity contribution in [2.75, 3.05) is 3.53 Å². The normalized spacial score (nSPS) is 14.6. The Bertz CT molecular complexity index is 447. The number of hydroxylamine groups is 2. The fourth-order valence-electron chi connectivity index (χ4n) is 1.47. The molecule has 4 nitrogen and oxygen atoms in total. The summed E-state index contributed by atoms with van der Waals surface area (Å²) in [6.07, 6.45) is 0. The summed E-state index contributed by atoms with van der Waals surface area (Å²) >= 11 is 4.25. The molecule has 0 aromatic heterocycles. The average Bonchev–Trinajstić information content (AvgIpc) is 2.52. The van der Waals surface area contributed by atoms with Crippen molar-refractivity contribution in [1.82, 2.24) is 5.06 Å². The van der Waals surface area contributed by atoms with E-state index in [1.54, 1.807) is 0 Å². The fraction of sp³-hybridized carbons (Fsp3) is 0. The van der Waals surface area contributed by atoms with Crippen LogP contribution in [0.5, 0.6) is 0 Å². The van der Waals surface area contributed by atoms with Crippen LogP contribution in [-0.2, 0) is 0 Å². The summed E-state index contributed by atoms with van der Waals surface area (Å²) in [5.41, 5.74) is 2.57. The van der Waals surface area contributed by atoms with Gasteiger partial charge in [0.25, 0.3) is 0 Å². The summed E-state index contributed by atoms with van der Waals surface area (Å²) in [6.45, 7) is 3.69. The molecule has 1 aliphatic rings. The minimum absolute atomic E-state index is 0.154. The number of carbonyl (C=O) groups excluding carboxylic acids is 1. The van der Waals surface area contributed by atoms with Gasteiger partial charge in [-0.05, 0) is 0 Å². The predicted octanol–water partition coefficient (Wildman–Crippen LogP) is -0.127. The average molecular weight is 555 g/mol. The zero-order valence-electron chi connectivity index (χ0n) is 7.80. The summed E-state index contributed by atoms with van der Waals surface area (Å²) in [4.78, 5) is 11.7. The zero-order chi connectivity index (χ0) is 11.9. The van der Waals surface area contributed by atoms with Gasteiger partial charge in [-0.3, -0.25) is 0 Å². The van der Waals surface area contributed by atoms with Crippen molar-refractivity contribution in [3.05, 3.63) is 33.4 Å². The van der Waals surface area contributed by atoms with Crippen LogP contribution in [0, 0.1) is 3.57 Å². The Balaban J connectivity index is 2.64. The molecule has 1 amide bonds. The molecule has 0 bridgehead atoms. The van der Waals surface area contributed by atoms with Crippen LogP contribution >= 0.6 is 41.5 Å². The molecule has 7 heteroatoms. The van der Waals surface area contributed by atoms with E-state index in [2.05, 4.69) is 51.6 Å². The molecule has 0 unspecified atom stereocenters. The number of nitrogens with one attached hydrogen (secondary N) is 1. The van der Waals surface area contributed by atoms with Crippen LogP contribution in [0.25, 0.3) is 5.70 Å². The molecule has 1 heterocycles. The van der Waals surface area contributed by atoms with E-state index in [4.69, 9.17) is 0 Å². The van der Waals surface area contributed by atoms with E-state index in [9.17, 15) is 10.0 Å². The first kappa shape index (κ1) is 12.8. The van der Waals surface area contributed by atoms with Crippen LogP contribution in [0.2, 0.25) is 0 Å². The first-order chi connectivity index (χ1) is 7.60. The molecule has 2 rings (SSSR count). The predicted molar refractivity (Wildman–Crippen MR) is 73.8 cm³/mol. The van der Waals surface area contributed by atoms with Gasteiger partial charge in [0.15, 0.2) is 0 Å². The quantitative estimate of drug-likeness (QED) is 0.304. The van der Waals surface area contributed by atoms with Crippen LogP contribution in [0.3, 0.4) is 0 Å². The van der Waals surface area contributed by atoms with Crippen molar-refractivity contribution < 1.29 is 27.2 Å². The van der Waals surface area contributed by atoms with Crippen LogP contribution in [0.15, 0.2) is 18.7 Å². The topological polar surface area (TPSA) is 52.6 Å². The Morgan fingerprint density at radius 1 is 1.44 bits per heavy atom. The molecule has 1 aromatic carbocycles. The van der Waals surface area contributed by atoms with E-state index in [0.717, 1.165) is 9.26 Å². The third kappa shape index (κ3) is 1.95. The van der Waals surface area contributed by atoms with Crippen molar-refractivity contribution >= 4 is 58.8 Å². The van der Waals surface area contributed by atoms with Gasteiger partial charge in [0, 0.05) is 0 Å². The second kappa shape index (κ2) is 4.94. The van der Waals surface area contributed by atoms with Gasteiger partial charge in [0.1, 0.15) is 0 Å². The van der Waals surface area contributed by atoms with E-state index in [1.807, 2.05) is 12.1 Å². The maximum absolute atomic E-state index is 11.7. The molecule has 0 aliphatic carbocycles. The Hall–Kier alpha value is 0.380. The Morgan fingerprint density at radius 3 is 2.69 bits per heavy atom. The van der Waals surface area contributed by atoms with Crippen molar-refractivity contribution in [2.24, 2.45) is 0 Å². The Labute approximate surface area is 126 Å². The minimum atomic E-state index is -0.393. The van der Waals surface area contributed by atoms with E-state index in [-0.39, 0.29) is 17.2 Å². The second-order valence-electron chi connectivity index (χ2n) is 3.11. The molecular weight excluding hydrogens is 549 g/mol. The number of benzene rings is 1. The molecular formula is C9H6I3N2O2-. The first-order valence-electron chi connectivity index (χ1n) is 4.13. The molecule has 2 N–H and O–H groups in total. The van der Waals surface area contributed by atoms with Crippen LogP contribution < -0.4 is 20.8 Å². The van der Waals surface area contributed by atoms with Crippen molar-refractivity contribution in [3.63, 3.8) is 0 Å². The molecule has 0 fully saturated rings. The van der Waals surface area contributed by atoms with Gasteiger partial charge in [-0.25, -0.2) is 0 Å².